The lowest BCUT2D eigenvalue weighted by atomic mass is 10.1. The third-order valence-electron chi connectivity index (χ3n) is 4.48. The molecule has 2 atom stereocenters. The van der Waals surface area contributed by atoms with E-state index in [2.05, 4.69) is 9.97 Å². The Kier molecular flexibility index (Phi) is 4.50. The van der Waals surface area contributed by atoms with Crippen LogP contribution in [-0.4, -0.2) is 44.5 Å². The van der Waals surface area contributed by atoms with Crippen molar-refractivity contribution in [2.24, 2.45) is 0 Å². The molecule has 3 aromatic rings. The summed E-state index contributed by atoms with van der Waals surface area (Å²) in [6.07, 6.45) is 6.68. The molecule has 1 fully saturated rings. The highest BCUT2D eigenvalue weighted by Crippen LogP contribution is 2.26. The van der Waals surface area contributed by atoms with Crippen molar-refractivity contribution in [1.29, 1.82) is 0 Å². The number of morpholine rings is 1. The Labute approximate surface area is 152 Å². The zero-order valence-corrected chi connectivity index (χ0v) is 14.5. The average molecular weight is 348 g/mol. The lowest BCUT2D eigenvalue weighted by molar-refractivity contribution is -0.0691. The minimum Gasteiger partial charge on any atom is -0.367 e. The Morgan fingerprint density at radius 1 is 1.15 bits per heavy atom. The van der Waals surface area contributed by atoms with Gasteiger partial charge in [-0.15, -0.1) is 0 Å². The summed E-state index contributed by atoms with van der Waals surface area (Å²) in [4.78, 5) is 23.3. The Bertz CT molecular complexity index is 880. The standard InChI is InChI=1S/C20H20N4O2/c1-15-12-24(13-18(26-15)16-5-3-2-4-6-16)20(25)17-7-8-22-19(11-17)23-10-9-21-14-23/h2-11,14-15,18H,12-13H2,1H3/t15-,18+/m1/s1. The lowest BCUT2D eigenvalue weighted by Gasteiger charge is -2.37. The first kappa shape index (κ1) is 16.5. The number of rotatable bonds is 3. The Hall–Kier alpha value is -2.99. The van der Waals surface area contributed by atoms with Gasteiger partial charge in [-0.05, 0) is 24.6 Å². The summed E-state index contributed by atoms with van der Waals surface area (Å²) in [5.41, 5.74) is 1.70. The van der Waals surface area contributed by atoms with Gasteiger partial charge in [-0.1, -0.05) is 30.3 Å². The van der Waals surface area contributed by atoms with E-state index < -0.39 is 0 Å². The molecular formula is C20H20N4O2. The van der Waals surface area contributed by atoms with Gasteiger partial charge in [0.15, 0.2) is 0 Å². The van der Waals surface area contributed by atoms with Crippen molar-refractivity contribution in [2.75, 3.05) is 13.1 Å². The zero-order chi connectivity index (χ0) is 17.9. The zero-order valence-electron chi connectivity index (χ0n) is 14.5. The van der Waals surface area contributed by atoms with Crippen LogP contribution in [0.15, 0.2) is 67.4 Å². The number of ether oxygens (including phenoxy) is 1. The van der Waals surface area contributed by atoms with E-state index in [1.54, 1.807) is 41.6 Å². The summed E-state index contributed by atoms with van der Waals surface area (Å²) in [6, 6.07) is 13.6. The first-order valence-corrected chi connectivity index (χ1v) is 8.65. The van der Waals surface area contributed by atoms with Crippen LogP contribution in [0.3, 0.4) is 0 Å². The van der Waals surface area contributed by atoms with Gasteiger partial charge in [-0.2, -0.15) is 0 Å². The topological polar surface area (TPSA) is 60.2 Å². The van der Waals surface area contributed by atoms with Crippen LogP contribution in [0.2, 0.25) is 0 Å². The third kappa shape index (κ3) is 3.36. The van der Waals surface area contributed by atoms with Gasteiger partial charge in [-0.25, -0.2) is 9.97 Å². The predicted molar refractivity (Wildman–Crippen MR) is 97.0 cm³/mol. The summed E-state index contributed by atoms with van der Waals surface area (Å²) in [5, 5.41) is 0. The fourth-order valence-electron chi connectivity index (χ4n) is 3.24. The second-order valence-corrected chi connectivity index (χ2v) is 6.43. The highest BCUT2D eigenvalue weighted by molar-refractivity contribution is 5.94. The number of amides is 1. The van der Waals surface area contributed by atoms with Gasteiger partial charge < -0.3 is 9.64 Å². The lowest BCUT2D eigenvalue weighted by Crippen LogP contribution is -2.46. The van der Waals surface area contributed by atoms with Gasteiger partial charge in [0.05, 0.1) is 12.6 Å². The van der Waals surface area contributed by atoms with Gasteiger partial charge in [0.25, 0.3) is 5.91 Å². The molecule has 1 saturated heterocycles. The van der Waals surface area contributed by atoms with Gasteiger partial charge in [0.2, 0.25) is 0 Å². The van der Waals surface area contributed by atoms with Gasteiger partial charge in [0.1, 0.15) is 18.2 Å². The molecule has 0 unspecified atom stereocenters. The van der Waals surface area contributed by atoms with Gasteiger partial charge in [-0.3, -0.25) is 9.36 Å². The average Bonchev–Trinajstić information content (AvgIpc) is 3.23. The molecule has 0 bridgehead atoms. The van der Waals surface area contributed by atoms with Crippen molar-refractivity contribution in [2.45, 2.75) is 19.1 Å². The molecule has 1 aliphatic heterocycles. The molecule has 6 nitrogen and oxygen atoms in total. The molecule has 3 heterocycles. The second-order valence-electron chi connectivity index (χ2n) is 6.43. The van der Waals surface area contributed by atoms with Crippen LogP contribution in [0.5, 0.6) is 0 Å². The van der Waals surface area contributed by atoms with Crippen LogP contribution < -0.4 is 0 Å². The number of aromatic nitrogens is 3. The molecule has 0 saturated carbocycles. The third-order valence-corrected chi connectivity index (χ3v) is 4.48. The van der Waals surface area contributed by atoms with E-state index in [0.717, 1.165) is 5.56 Å². The molecule has 1 aromatic carbocycles. The summed E-state index contributed by atoms with van der Waals surface area (Å²) in [6.45, 7) is 3.11. The first-order valence-electron chi connectivity index (χ1n) is 8.65. The fraction of sp³-hybridized carbons (Fsp3) is 0.250. The molecule has 0 N–H and O–H groups in total. The van der Waals surface area contributed by atoms with E-state index in [4.69, 9.17) is 4.74 Å². The summed E-state index contributed by atoms with van der Waals surface area (Å²) >= 11 is 0. The molecule has 4 rings (SSSR count). The van der Waals surface area contributed by atoms with Crippen molar-refractivity contribution < 1.29 is 9.53 Å². The van der Waals surface area contributed by atoms with Crippen LogP contribution >= 0.6 is 0 Å². The van der Waals surface area contributed by atoms with Crippen molar-refractivity contribution in [3.8, 4) is 5.82 Å². The normalized spacial score (nSPS) is 20.1. The number of imidazole rings is 1. The molecule has 1 amide bonds. The molecule has 6 heteroatoms. The highest BCUT2D eigenvalue weighted by Gasteiger charge is 2.30. The Morgan fingerprint density at radius 3 is 2.77 bits per heavy atom. The highest BCUT2D eigenvalue weighted by atomic mass is 16.5. The fourth-order valence-corrected chi connectivity index (χ4v) is 3.24. The second kappa shape index (κ2) is 7.09. The van der Waals surface area contributed by atoms with Crippen LogP contribution in [0, 0.1) is 0 Å². The maximum absolute atomic E-state index is 13.1. The van der Waals surface area contributed by atoms with Gasteiger partial charge in [0, 0.05) is 30.7 Å². The van der Waals surface area contributed by atoms with Crippen molar-refractivity contribution in [3.63, 3.8) is 0 Å². The van der Waals surface area contributed by atoms with Gasteiger partial charge >= 0.3 is 0 Å². The molecule has 0 radical (unpaired) electrons. The van der Waals surface area contributed by atoms with Crippen LogP contribution in [0.4, 0.5) is 0 Å². The number of hydrogen-bond donors (Lipinski definition) is 0. The van der Waals surface area contributed by atoms with E-state index in [9.17, 15) is 4.79 Å². The van der Waals surface area contributed by atoms with Crippen LogP contribution in [0.25, 0.3) is 5.82 Å². The molecule has 1 aliphatic rings. The number of nitrogens with zero attached hydrogens (tertiary/aromatic N) is 4. The number of carbonyl (C=O) groups excluding carboxylic acids is 1. The van der Waals surface area contributed by atoms with Crippen LogP contribution in [-0.2, 0) is 4.74 Å². The quantitative estimate of drug-likeness (QED) is 0.730. The van der Waals surface area contributed by atoms with Crippen molar-refractivity contribution in [1.82, 2.24) is 19.4 Å². The van der Waals surface area contributed by atoms with Crippen LogP contribution in [0.1, 0.15) is 28.9 Å². The SMILES string of the molecule is C[C@@H]1CN(C(=O)c2ccnc(-n3ccnc3)c2)C[C@@H](c2ccccc2)O1. The predicted octanol–water partition coefficient (Wildman–Crippen LogP) is 2.87. The molecule has 26 heavy (non-hydrogen) atoms. The smallest absolute Gasteiger partial charge is 0.254 e. The van der Waals surface area contributed by atoms with E-state index in [-0.39, 0.29) is 18.1 Å². The Morgan fingerprint density at radius 2 is 2.00 bits per heavy atom. The summed E-state index contributed by atoms with van der Waals surface area (Å²) in [7, 11) is 0. The van der Waals surface area contributed by atoms with Crippen molar-refractivity contribution >= 4 is 5.91 Å². The minimum atomic E-state index is -0.112. The number of carbonyl (C=O) groups is 1. The molecule has 132 valence electrons. The van der Waals surface area contributed by atoms with Crippen molar-refractivity contribution in [3.05, 3.63) is 78.5 Å². The number of hydrogen-bond acceptors (Lipinski definition) is 4. The minimum absolute atomic E-state index is 0.00940. The molecular weight excluding hydrogens is 328 g/mol. The molecule has 0 spiro atoms. The van der Waals surface area contributed by atoms with E-state index in [1.165, 1.54) is 0 Å². The number of benzene rings is 1. The van der Waals surface area contributed by atoms with E-state index in [1.807, 2.05) is 42.2 Å². The monoisotopic (exact) mass is 348 g/mol. The maximum atomic E-state index is 13.1. The summed E-state index contributed by atoms with van der Waals surface area (Å²) < 4.78 is 7.84. The number of pyridine rings is 1. The largest absolute Gasteiger partial charge is 0.367 e. The van der Waals surface area contributed by atoms with E-state index >= 15 is 0 Å². The van der Waals surface area contributed by atoms with E-state index in [0.29, 0.717) is 24.5 Å². The molecule has 2 aromatic heterocycles. The first-order chi connectivity index (χ1) is 12.7. The molecule has 0 aliphatic carbocycles. The maximum Gasteiger partial charge on any atom is 0.254 e. The summed E-state index contributed by atoms with van der Waals surface area (Å²) in [5.74, 6) is 0.666. The Balaban J connectivity index is 1.57.